The standard InChI is InChI=1S/C14H28N2O2Si/c1-4-11-17-19(6-3,18-12-5-2)13-7-9-16-10-8-15-14-16/h8,10,14H,4-7,9,11-13H2,1-3H3. The van der Waals surface area contributed by atoms with Crippen molar-refractivity contribution >= 4 is 8.56 Å². The van der Waals surface area contributed by atoms with Crippen LogP contribution in [0.4, 0.5) is 0 Å². The molecule has 0 saturated carbocycles. The zero-order valence-corrected chi connectivity index (χ0v) is 13.6. The van der Waals surface area contributed by atoms with Crippen LogP contribution >= 0.6 is 0 Å². The summed E-state index contributed by atoms with van der Waals surface area (Å²) in [5.41, 5.74) is 0. The maximum Gasteiger partial charge on any atom is 0.337 e. The first-order valence-electron chi connectivity index (χ1n) is 7.50. The van der Waals surface area contributed by atoms with E-state index in [9.17, 15) is 0 Å². The molecule has 0 fully saturated rings. The van der Waals surface area contributed by atoms with E-state index >= 15 is 0 Å². The zero-order valence-electron chi connectivity index (χ0n) is 12.6. The maximum absolute atomic E-state index is 6.14. The van der Waals surface area contributed by atoms with E-state index in [0.717, 1.165) is 51.1 Å². The molecular weight excluding hydrogens is 256 g/mol. The highest BCUT2D eigenvalue weighted by Crippen LogP contribution is 2.22. The predicted molar refractivity (Wildman–Crippen MR) is 80.4 cm³/mol. The van der Waals surface area contributed by atoms with E-state index in [4.69, 9.17) is 8.85 Å². The van der Waals surface area contributed by atoms with Crippen LogP contribution in [0.25, 0.3) is 0 Å². The van der Waals surface area contributed by atoms with Crippen molar-refractivity contribution in [1.29, 1.82) is 0 Å². The average molecular weight is 284 g/mol. The lowest BCUT2D eigenvalue weighted by Gasteiger charge is -2.29. The summed E-state index contributed by atoms with van der Waals surface area (Å²) in [6.45, 7) is 9.17. The fourth-order valence-electron chi connectivity index (χ4n) is 2.09. The van der Waals surface area contributed by atoms with Gasteiger partial charge in [-0.2, -0.15) is 0 Å². The molecule has 0 saturated heterocycles. The van der Waals surface area contributed by atoms with Gasteiger partial charge in [0, 0.05) is 32.2 Å². The number of aromatic nitrogens is 2. The molecule has 0 atom stereocenters. The molecule has 1 aromatic heterocycles. The summed E-state index contributed by atoms with van der Waals surface area (Å²) in [4.78, 5) is 4.07. The van der Waals surface area contributed by atoms with Gasteiger partial charge in [-0.05, 0) is 31.4 Å². The first-order valence-corrected chi connectivity index (χ1v) is 9.73. The smallest absolute Gasteiger partial charge is 0.337 e. The van der Waals surface area contributed by atoms with Gasteiger partial charge in [-0.1, -0.05) is 20.8 Å². The van der Waals surface area contributed by atoms with Crippen molar-refractivity contribution in [3.8, 4) is 0 Å². The fourth-order valence-corrected chi connectivity index (χ4v) is 5.08. The van der Waals surface area contributed by atoms with Gasteiger partial charge < -0.3 is 13.4 Å². The van der Waals surface area contributed by atoms with Crippen LogP contribution in [0.3, 0.4) is 0 Å². The Bertz CT molecular complexity index is 309. The molecule has 0 aliphatic carbocycles. The molecule has 0 unspecified atom stereocenters. The second-order valence-electron chi connectivity index (χ2n) is 4.87. The SMILES string of the molecule is CCCO[Si](CC)(CCCn1ccnc1)OCCC. The summed E-state index contributed by atoms with van der Waals surface area (Å²) in [5.74, 6) is 0. The molecule has 0 spiro atoms. The Labute approximate surface area is 118 Å². The van der Waals surface area contributed by atoms with Gasteiger partial charge in [-0.25, -0.2) is 4.98 Å². The van der Waals surface area contributed by atoms with E-state index in [1.807, 2.05) is 18.7 Å². The second kappa shape index (κ2) is 9.28. The van der Waals surface area contributed by atoms with Crippen LogP contribution in [0.1, 0.15) is 40.0 Å². The largest absolute Gasteiger partial charge is 0.394 e. The van der Waals surface area contributed by atoms with Crippen molar-refractivity contribution in [3.05, 3.63) is 18.7 Å². The quantitative estimate of drug-likeness (QED) is 0.583. The third-order valence-electron chi connectivity index (χ3n) is 3.21. The van der Waals surface area contributed by atoms with E-state index in [-0.39, 0.29) is 0 Å². The summed E-state index contributed by atoms with van der Waals surface area (Å²) in [5, 5.41) is 0. The Balaban J connectivity index is 2.45. The normalized spacial score (nSPS) is 11.9. The molecule has 0 aliphatic heterocycles. The van der Waals surface area contributed by atoms with Crippen molar-refractivity contribution in [2.75, 3.05) is 13.2 Å². The number of aryl methyl sites for hydroxylation is 1. The molecule has 1 aromatic rings. The Morgan fingerprint density at radius 2 is 1.79 bits per heavy atom. The van der Waals surface area contributed by atoms with Gasteiger partial charge >= 0.3 is 8.56 Å². The van der Waals surface area contributed by atoms with Crippen LogP contribution in [-0.4, -0.2) is 31.3 Å². The van der Waals surface area contributed by atoms with Crippen LogP contribution in [0.15, 0.2) is 18.7 Å². The van der Waals surface area contributed by atoms with Gasteiger partial charge in [0.2, 0.25) is 0 Å². The highest BCUT2D eigenvalue weighted by molar-refractivity contribution is 6.67. The molecule has 1 heterocycles. The molecule has 110 valence electrons. The minimum Gasteiger partial charge on any atom is -0.394 e. The number of nitrogens with zero attached hydrogens (tertiary/aromatic N) is 2. The van der Waals surface area contributed by atoms with Crippen LogP contribution in [0.5, 0.6) is 0 Å². The van der Waals surface area contributed by atoms with Crippen molar-refractivity contribution in [3.63, 3.8) is 0 Å². The lowest BCUT2D eigenvalue weighted by Crippen LogP contribution is -2.42. The van der Waals surface area contributed by atoms with Gasteiger partial charge in [0.1, 0.15) is 0 Å². The predicted octanol–water partition coefficient (Wildman–Crippen LogP) is 3.59. The summed E-state index contributed by atoms with van der Waals surface area (Å²) in [6, 6.07) is 2.11. The van der Waals surface area contributed by atoms with Crippen LogP contribution in [-0.2, 0) is 15.4 Å². The van der Waals surface area contributed by atoms with E-state index in [1.165, 1.54) is 0 Å². The first-order chi connectivity index (χ1) is 9.26. The molecule has 1 rings (SSSR count). The van der Waals surface area contributed by atoms with Crippen molar-refractivity contribution in [2.45, 2.75) is 58.7 Å². The second-order valence-corrected chi connectivity index (χ2v) is 8.47. The zero-order chi connectivity index (χ0) is 14.0. The topological polar surface area (TPSA) is 36.3 Å². The van der Waals surface area contributed by atoms with Gasteiger partial charge in [0.25, 0.3) is 0 Å². The lowest BCUT2D eigenvalue weighted by atomic mass is 10.5. The third-order valence-corrected chi connectivity index (χ3v) is 6.86. The molecule has 4 nitrogen and oxygen atoms in total. The van der Waals surface area contributed by atoms with E-state index in [2.05, 4.69) is 30.3 Å². The summed E-state index contributed by atoms with van der Waals surface area (Å²) >= 11 is 0. The monoisotopic (exact) mass is 284 g/mol. The molecule has 0 aliphatic rings. The Hall–Kier alpha value is -0.653. The number of hydrogen-bond donors (Lipinski definition) is 0. The van der Waals surface area contributed by atoms with Crippen LogP contribution < -0.4 is 0 Å². The first kappa shape index (κ1) is 16.4. The summed E-state index contributed by atoms with van der Waals surface area (Å²) < 4.78 is 14.4. The summed E-state index contributed by atoms with van der Waals surface area (Å²) in [6.07, 6.45) is 8.93. The minimum absolute atomic E-state index is 0.828. The number of imidazole rings is 1. The maximum atomic E-state index is 6.14. The third kappa shape index (κ3) is 5.89. The molecule has 0 aromatic carbocycles. The molecule has 0 bridgehead atoms. The van der Waals surface area contributed by atoms with Crippen molar-refractivity contribution in [2.24, 2.45) is 0 Å². The van der Waals surface area contributed by atoms with Gasteiger partial charge in [0.05, 0.1) is 6.33 Å². The summed E-state index contributed by atoms with van der Waals surface area (Å²) in [7, 11) is -1.98. The average Bonchev–Trinajstić information content (AvgIpc) is 2.95. The molecule has 5 heteroatoms. The number of rotatable bonds is 11. The van der Waals surface area contributed by atoms with E-state index < -0.39 is 8.56 Å². The highest BCUT2D eigenvalue weighted by atomic mass is 28.4. The Morgan fingerprint density at radius 3 is 2.26 bits per heavy atom. The molecular formula is C14H28N2O2Si. The van der Waals surface area contributed by atoms with Gasteiger partial charge in [0.15, 0.2) is 0 Å². The van der Waals surface area contributed by atoms with E-state index in [0.29, 0.717) is 0 Å². The van der Waals surface area contributed by atoms with Gasteiger partial charge in [-0.3, -0.25) is 0 Å². The minimum atomic E-state index is -1.98. The molecule has 0 N–H and O–H groups in total. The molecule has 19 heavy (non-hydrogen) atoms. The van der Waals surface area contributed by atoms with Crippen LogP contribution in [0.2, 0.25) is 12.1 Å². The number of hydrogen-bond acceptors (Lipinski definition) is 3. The van der Waals surface area contributed by atoms with Gasteiger partial charge in [-0.15, -0.1) is 0 Å². The van der Waals surface area contributed by atoms with Crippen LogP contribution in [0, 0.1) is 0 Å². The Kier molecular flexibility index (Phi) is 8.01. The highest BCUT2D eigenvalue weighted by Gasteiger charge is 2.34. The molecule has 0 amide bonds. The Morgan fingerprint density at radius 1 is 1.11 bits per heavy atom. The molecule has 0 radical (unpaired) electrons. The van der Waals surface area contributed by atoms with Crippen molar-refractivity contribution < 1.29 is 8.85 Å². The fraction of sp³-hybridized carbons (Fsp3) is 0.786. The van der Waals surface area contributed by atoms with E-state index in [1.54, 1.807) is 0 Å². The lowest BCUT2D eigenvalue weighted by molar-refractivity contribution is 0.167. The van der Waals surface area contributed by atoms with Crippen molar-refractivity contribution in [1.82, 2.24) is 9.55 Å².